The number of benzene rings is 1. The van der Waals surface area contributed by atoms with Crippen LogP contribution in [0.5, 0.6) is 0 Å². The van der Waals surface area contributed by atoms with Crippen LogP contribution in [0.2, 0.25) is 0 Å². The standard InChI is InChI=1S/C17H15NO/c1-3-14-16(4-2)19-17-12-8-11-15(17)18(14)13-9-6-5-7-10-13/h3-7,9-12H,1-2,8H2. The first-order valence-corrected chi connectivity index (χ1v) is 6.28. The van der Waals surface area contributed by atoms with Crippen molar-refractivity contribution in [3.05, 3.63) is 90.7 Å². The van der Waals surface area contributed by atoms with E-state index in [1.165, 1.54) is 0 Å². The van der Waals surface area contributed by atoms with Crippen LogP contribution in [0.15, 0.2) is 90.7 Å². The minimum absolute atomic E-state index is 0.740. The normalized spacial score (nSPS) is 17.4. The molecule has 1 aliphatic carbocycles. The van der Waals surface area contributed by atoms with E-state index in [9.17, 15) is 0 Å². The van der Waals surface area contributed by atoms with Crippen molar-refractivity contribution < 1.29 is 4.74 Å². The molecule has 3 rings (SSSR count). The van der Waals surface area contributed by atoms with Crippen LogP contribution in [0.4, 0.5) is 5.69 Å². The van der Waals surface area contributed by atoms with Crippen molar-refractivity contribution >= 4 is 5.69 Å². The van der Waals surface area contributed by atoms with Crippen molar-refractivity contribution in [3.63, 3.8) is 0 Å². The maximum Gasteiger partial charge on any atom is 0.150 e. The number of allylic oxidation sites excluding steroid dienone is 4. The van der Waals surface area contributed by atoms with Crippen molar-refractivity contribution in [2.75, 3.05) is 4.90 Å². The highest BCUT2D eigenvalue weighted by Crippen LogP contribution is 2.39. The van der Waals surface area contributed by atoms with Gasteiger partial charge in [0.15, 0.2) is 5.76 Å². The molecule has 1 aromatic carbocycles. The molecule has 19 heavy (non-hydrogen) atoms. The summed E-state index contributed by atoms with van der Waals surface area (Å²) in [7, 11) is 0. The molecule has 0 fully saturated rings. The SMILES string of the molecule is C=CC1=C(C=C)N(c2ccccc2)C2=CCC=C2O1. The van der Waals surface area contributed by atoms with E-state index in [1.54, 1.807) is 12.2 Å². The zero-order valence-corrected chi connectivity index (χ0v) is 10.7. The Balaban J connectivity index is 2.19. The molecule has 0 amide bonds. The molecule has 0 bridgehead atoms. The second kappa shape index (κ2) is 4.65. The fraction of sp³-hybridized carbons (Fsp3) is 0.0588. The quantitative estimate of drug-likeness (QED) is 0.792. The van der Waals surface area contributed by atoms with Gasteiger partial charge in [-0.2, -0.15) is 0 Å². The summed E-state index contributed by atoms with van der Waals surface area (Å²) < 4.78 is 5.86. The molecule has 0 N–H and O–H groups in total. The van der Waals surface area contributed by atoms with Crippen molar-refractivity contribution in [1.29, 1.82) is 0 Å². The first-order valence-electron chi connectivity index (χ1n) is 6.28. The highest BCUT2D eigenvalue weighted by atomic mass is 16.5. The number of anilines is 1. The van der Waals surface area contributed by atoms with E-state index in [1.807, 2.05) is 18.2 Å². The van der Waals surface area contributed by atoms with E-state index in [2.05, 4.69) is 42.3 Å². The number of fused-ring (bicyclic) bond motifs is 1. The molecule has 94 valence electrons. The van der Waals surface area contributed by atoms with Crippen LogP contribution in [0.1, 0.15) is 6.42 Å². The van der Waals surface area contributed by atoms with Gasteiger partial charge in [0.1, 0.15) is 5.76 Å². The molecule has 2 aliphatic rings. The molecule has 0 aromatic heterocycles. The Morgan fingerprint density at radius 1 is 1.05 bits per heavy atom. The summed E-state index contributed by atoms with van der Waals surface area (Å²) in [6.45, 7) is 7.72. The highest BCUT2D eigenvalue weighted by molar-refractivity contribution is 5.67. The molecular formula is C17H15NO. The first-order chi connectivity index (χ1) is 9.35. The van der Waals surface area contributed by atoms with E-state index in [4.69, 9.17) is 4.74 Å². The van der Waals surface area contributed by atoms with Crippen LogP contribution in [-0.4, -0.2) is 0 Å². The minimum Gasteiger partial charge on any atom is -0.453 e. The van der Waals surface area contributed by atoms with E-state index < -0.39 is 0 Å². The number of hydrogen-bond acceptors (Lipinski definition) is 2. The van der Waals surface area contributed by atoms with Gasteiger partial charge in [-0.1, -0.05) is 37.4 Å². The van der Waals surface area contributed by atoms with Crippen LogP contribution < -0.4 is 4.90 Å². The predicted molar refractivity (Wildman–Crippen MR) is 78.2 cm³/mol. The third-order valence-electron chi connectivity index (χ3n) is 3.21. The minimum atomic E-state index is 0.740. The fourth-order valence-corrected chi connectivity index (χ4v) is 2.38. The van der Waals surface area contributed by atoms with Gasteiger partial charge in [0.25, 0.3) is 0 Å². The van der Waals surface area contributed by atoms with Gasteiger partial charge in [0.2, 0.25) is 0 Å². The maximum atomic E-state index is 5.86. The van der Waals surface area contributed by atoms with Gasteiger partial charge in [-0.05, 0) is 36.8 Å². The van der Waals surface area contributed by atoms with Gasteiger partial charge in [-0.15, -0.1) is 0 Å². The van der Waals surface area contributed by atoms with Crippen LogP contribution >= 0.6 is 0 Å². The summed E-state index contributed by atoms with van der Waals surface area (Å²) in [6.07, 6.45) is 8.66. The molecule has 0 saturated heterocycles. The molecule has 0 saturated carbocycles. The van der Waals surface area contributed by atoms with Crippen LogP contribution in [0, 0.1) is 0 Å². The lowest BCUT2D eigenvalue weighted by Crippen LogP contribution is -2.27. The fourth-order valence-electron chi connectivity index (χ4n) is 2.38. The van der Waals surface area contributed by atoms with E-state index in [0.29, 0.717) is 0 Å². The van der Waals surface area contributed by atoms with Gasteiger partial charge in [0, 0.05) is 5.69 Å². The Morgan fingerprint density at radius 3 is 2.53 bits per heavy atom. The molecule has 0 radical (unpaired) electrons. The molecule has 0 atom stereocenters. The summed E-state index contributed by atoms with van der Waals surface area (Å²) in [5, 5.41) is 0. The summed E-state index contributed by atoms with van der Waals surface area (Å²) in [5.74, 6) is 1.63. The Morgan fingerprint density at radius 2 is 1.84 bits per heavy atom. The molecule has 0 unspecified atom stereocenters. The van der Waals surface area contributed by atoms with Crippen molar-refractivity contribution in [2.24, 2.45) is 0 Å². The zero-order chi connectivity index (χ0) is 13.2. The van der Waals surface area contributed by atoms with Gasteiger partial charge in [-0.25, -0.2) is 0 Å². The summed E-state index contributed by atoms with van der Waals surface area (Å²) in [4.78, 5) is 2.16. The molecule has 1 heterocycles. The summed E-state index contributed by atoms with van der Waals surface area (Å²) >= 11 is 0. The largest absolute Gasteiger partial charge is 0.453 e. The highest BCUT2D eigenvalue weighted by Gasteiger charge is 2.29. The Labute approximate surface area is 113 Å². The van der Waals surface area contributed by atoms with E-state index in [0.717, 1.165) is 35.0 Å². The second-order valence-corrected chi connectivity index (χ2v) is 4.32. The Kier molecular flexibility index (Phi) is 2.84. The van der Waals surface area contributed by atoms with Crippen LogP contribution in [0.3, 0.4) is 0 Å². The molecular weight excluding hydrogens is 234 g/mol. The summed E-state index contributed by atoms with van der Waals surface area (Å²) in [5.41, 5.74) is 3.09. The number of para-hydroxylation sites is 1. The van der Waals surface area contributed by atoms with Gasteiger partial charge >= 0.3 is 0 Å². The zero-order valence-electron chi connectivity index (χ0n) is 10.7. The number of nitrogens with zero attached hydrogens (tertiary/aromatic N) is 1. The maximum absolute atomic E-state index is 5.86. The molecule has 2 heteroatoms. The lowest BCUT2D eigenvalue weighted by Gasteiger charge is -2.33. The monoisotopic (exact) mass is 249 g/mol. The van der Waals surface area contributed by atoms with Crippen LogP contribution in [0.25, 0.3) is 0 Å². The second-order valence-electron chi connectivity index (χ2n) is 4.32. The van der Waals surface area contributed by atoms with E-state index >= 15 is 0 Å². The smallest absolute Gasteiger partial charge is 0.150 e. The predicted octanol–water partition coefficient (Wildman–Crippen LogP) is 4.28. The third kappa shape index (κ3) is 1.82. The number of rotatable bonds is 3. The van der Waals surface area contributed by atoms with E-state index in [-0.39, 0.29) is 0 Å². The lowest BCUT2D eigenvalue weighted by molar-refractivity contribution is 0.314. The van der Waals surface area contributed by atoms with Crippen LogP contribution in [-0.2, 0) is 4.74 Å². The molecule has 1 aromatic rings. The third-order valence-corrected chi connectivity index (χ3v) is 3.21. The van der Waals surface area contributed by atoms with Gasteiger partial charge in [0.05, 0.1) is 11.4 Å². The summed E-state index contributed by atoms with van der Waals surface area (Å²) in [6, 6.07) is 10.2. The van der Waals surface area contributed by atoms with Crippen molar-refractivity contribution in [1.82, 2.24) is 0 Å². The average molecular weight is 249 g/mol. The Bertz CT molecular complexity index is 620. The average Bonchev–Trinajstić information content (AvgIpc) is 2.93. The Hall–Kier alpha value is -2.48. The number of hydrogen-bond donors (Lipinski definition) is 0. The van der Waals surface area contributed by atoms with Gasteiger partial charge in [-0.3, -0.25) is 0 Å². The first kappa shape index (κ1) is 11.6. The number of ether oxygens (including phenoxy) is 1. The molecule has 0 spiro atoms. The molecule has 2 nitrogen and oxygen atoms in total. The molecule has 1 aliphatic heterocycles. The van der Waals surface area contributed by atoms with Crippen molar-refractivity contribution in [3.8, 4) is 0 Å². The van der Waals surface area contributed by atoms with Gasteiger partial charge < -0.3 is 9.64 Å². The van der Waals surface area contributed by atoms with Crippen molar-refractivity contribution in [2.45, 2.75) is 6.42 Å². The lowest BCUT2D eigenvalue weighted by atomic mass is 10.1. The topological polar surface area (TPSA) is 12.5 Å².